The lowest BCUT2D eigenvalue weighted by molar-refractivity contribution is 0.131. The molecule has 0 spiro atoms. The summed E-state index contributed by atoms with van der Waals surface area (Å²) in [6.07, 6.45) is 5.82. The fourth-order valence-corrected chi connectivity index (χ4v) is 1.84. The van der Waals surface area contributed by atoms with Gasteiger partial charge in [-0.1, -0.05) is 20.3 Å². The van der Waals surface area contributed by atoms with Crippen LogP contribution in [0.5, 0.6) is 0 Å². The maximum Gasteiger partial charge on any atom is 0.134 e. The molecule has 19 heavy (non-hydrogen) atoms. The summed E-state index contributed by atoms with van der Waals surface area (Å²) in [5, 5.41) is 6.45. The van der Waals surface area contributed by atoms with Crippen molar-refractivity contribution in [1.29, 1.82) is 0 Å². The minimum absolute atomic E-state index is 0.804. The van der Waals surface area contributed by atoms with Crippen molar-refractivity contribution in [2.75, 3.05) is 37.4 Å². The molecule has 0 aliphatic rings. The third kappa shape index (κ3) is 5.42. The molecular formula is C14H26N4O. The smallest absolute Gasteiger partial charge is 0.134 e. The van der Waals surface area contributed by atoms with Crippen molar-refractivity contribution >= 4 is 11.6 Å². The zero-order chi connectivity index (χ0) is 13.9. The number of unbranched alkanes of at least 4 members (excludes halogenated alkanes) is 1. The summed E-state index contributed by atoms with van der Waals surface area (Å²) in [6.45, 7) is 6.83. The summed E-state index contributed by atoms with van der Waals surface area (Å²) in [5.41, 5.74) is 1.14. The van der Waals surface area contributed by atoms with Gasteiger partial charge in [0.05, 0.1) is 0 Å². The maximum absolute atomic E-state index is 5.53. The highest BCUT2D eigenvalue weighted by molar-refractivity contribution is 5.56. The van der Waals surface area contributed by atoms with Gasteiger partial charge >= 0.3 is 0 Å². The second-order valence-corrected chi connectivity index (χ2v) is 4.40. The average Bonchev–Trinajstić information content (AvgIpc) is 2.45. The monoisotopic (exact) mass is 266 g/mol. The molecule has 0 atom stereocenters. The van der Waals surface area contributed by atoms with Crippen molar-refractivity contribution < 1.29 is 4.74 Å². The Balaban J connectivity index is 2.33. The summed E-state index contributed by atoms with van der Waals surface area (Å²) in [6, 6.07) is 0. The predicted octanol–water partition coefficient (Wildman–Crippen LogP) is 2.70. The molecule has 0 amide bonds. The lowest BCUT2D eigenvalue weighted by Gasteiger charge is -2.12. The highest BCUT2D eigenvalue weighted by Crippen LogP contribution is 2.19. The number of hydrogen-bond acceptors (Lipinski definition) is 5. The van der Waals surface area contributed by atoms with Crippen LogP contribution in [0.3, 0.4) is 0 Å². The van der Waals surface area contributed by atoms with Crippen molar-refractivity contribution in [2.24, 2.45) is 0 Å². The van der Waals surface area contributed by atoms with Crippen LogP contribution in [0, 0.1) is 0 Å². The number of ether oxygens (including phenoxy) is 1. The molecule has 0 aromatic carbocycles. The number of aromatic nitrogens is 2. The predicted molar refractivity (Wildman–Crippen MR) is 79.8 cm³/mol. The summed E-state index contributed by atoms with van der Waals surface area (Å²) >= 11 is 0. The Morgan fingerprint density at radius 3 is 2.53 bits per heavy atom. The highest BCUT2D eigenvalue weighted by atomic mass is 16.5. The molecule has 0 fully saturated rings. The highest BCUT2D eigenvalue weighted by Gasteiger charge is 2.07. The van der Waals surface area contributed by atoms with Crippen LogP contribution in [0.2, 0.25) is 0 Å². The van der Waals surface area contributed by atoms with Gasteiger partial charge in [-0.2, -0.15) is 0 Å². The lowest BCUT2D eigenvalue weighted by atomic mass is 10.2. The largest absolute Gasteiger partial charge is 0.381 e. The SMILES string of the molecule is CCCCOCCCNc1ncnc(NC)c1CC. The lowest BCUT2D eigenvalue weighted by Crippen LogP contribution is -2.11. The molecular weight excluding hydrogens is 240 g/mol. The van der Waals surface area contributed by atoms with Gasteiger partial charge in [-0.05, 0) is 19.3 Å². The number of rotatable bonds is 10. The summed E-state index contributed by atoms with van der Waals surface area (Å²) < 4.78 is 5.53. The van der Waals surface area contributed by atoms with E-state index in [1.54, 1.807) is 6.33 Å². The van der Waals surface area contributed by atoms with E-state index in [9.17, 15) is 0 Å². The first-order valence-corrected chi connectivity index (χ1v) is 7.16. The molecule has 108 valence electrons. The van der Waals surface area contributed by atoms with E-state index in [4.69, 9.17) is 4.74 Å². The Hall–Kier alpha value is -1.36. The quantitative estimate of drug-likeness (QED) is 0.638. The first kappa shape index (κ1) is 15.7. The molecule has 0 radical (unpaired) electrons. The molecule has 5 heteroatoms. The first-order valence-electron chi connectivity index (χ1n) is 7.16. The van der Waals surface area contributed by atoms with Crippen LogP contribution >= 0.6 is 0 Å². The maximum atomic E-state index is 5.53. The van der Waals surface area contributed by atoms with Gasteiger partial charge in [0.1, 0.15) is 18.0 Å². The van der Waals surface area contributed by atoms with E-state index < -0.39 is 0 Å². The molecule has 0 aliphatic carbocycles. The van der Waals surface area contributed by atoms with Crippen molar-refractivity contribution in [3.8, 4) is 0 Å². The number of hydrogen-bond donors (Lipinski definition) is 2. The third-order valence-corrected chi connectivity index (χ3v) is 2.94. The Kier molecular flexibility index (Phi) is 7.89. The minimum Gasteiger partial charge on any atom is -0.381 e. The van der Waals surface area contributed by atoms with Gasteiger partial charge in [0, 0.05) is 32.4 Å². The Bertz CT molecular complexity index is 357. The van der Waals surface area contributed by atoms with Crippen LogP contribution in [0.4, 0.5) is 11.6 Å². The minimum atomic E-state index is 0.804. The number of anilines is 2. The van der Waals surface area contributed by atoms with Crippen LogP contribution < -0.4 is 10.6 Å². The standard InChI is InChI=1S/C14H26N4O/c1-4-6-9-19-10-7-8-16-14-12(5-2)13(15-3)17-11-18-14/h11H,4-10H2,1-3H3,(H2,15,16,17,18). The molecule has 0 bridgehead atoms. The fourth-order valence-electron chi connectivity index (χ4n) is 1.84. The molecule has 0 unspecified atom stereocenters. The van der Waals surface area contributed by atoms with Crippen LogP contribution in [0.1, 0.15) is 38.7 Å². The van der Waals surface area contributed by atoms with Crippen molar-refractivity contribution in [3.05, 3.63) is 11.9 Å². The molecule has 1 aromatic heterocycles. The molecule has 1 rings (SSSR count). The molecule has 0 saturated heterocycles. The zero-order valence-corrected chi connectivity index (χ0v) is 12.3. The van der Waals surface area contributed by atoms with Crippen LogP contribution in [-0.2, 0) is 11.2 Å². The molecule has 0 aliphatic heterocycles. The third-order valence-electron chi connectivity index (χ3n) is 2.94. The van der Waals surface area contributed by atoms with Crippen LogP contribution in [-0.4, -0.2) is 36.8 Å². The van der Waals surface area contributed by atoms with Gasteiger partial charge in [0.25, 0.3) is 0 Å². The average molecular weight is 266 g/mol. The normalized spacial score (nSPS) is 10.5. The molecule has 2 N–H and O–H groups in total. The van der Waals surface area contributed by atoms with E-state index in [2.05, 4.69) is 34.4 Å². The Labute approximate surface area is 116 Å². The Morgan fingerprint density at radius 1 is 1.11 bits per heavy atom. The van der Waals surface area contributed by atoms with Crippen molar-refractivity contribution in [1.82, 2.24) is 9.97 Å². The van der Waals surface area contributed by atoms with E-state index in [-0.39, 0.29) is 0 Å². The summed E-state index contributed by atoms with van der Waals surface area (Å²) in [7, 11) is 1.88. The second kappa shape index (κ2) is 9.55. The van der Waals surface area contributed by atoms with Gasteiger partial charge in [0.15, 0.2) is 0 Å². The van der Waals surface area contributed by atoms with Gasteiger partial charge in [0.2, 0.25) is 0 Å². The Morgan fingerprint density at radius 2 is 1.84 bits per heavy atom. The van der Waals surface area contributed by atoms with E-state index in [0.717, 1.165) is 56.2 Å². The fraction of sp³-hybridized carbons (Fsp3) is 0.714. The topological polar surface area (TPSA) is 59.1 Å². The van der Waals surface area contributed by atoms with Gasteiger partial charge in [-0.15, -0.1) is 0 Å². The van der Waals surface area contributed by atoms with Gasteiger partial charge in [-0.3, -0.25) is 0 Å². The molecule has 0 saturated carbocycles. The zero-order valence-electron chi connectivity index (χ0n) is 12.3. The van der Waals surface area contributed by atoms with Gasteiger partial charge < -0.3 is 15.4 Å². The number of nitrogens with one attached hydrogen (secondary N) is 2. The van der Waals surface area contributed by atoms with Gasteiger partial charge in [-0.25, -0.2) is 9.97 Å². The summed E-state index contributed by atoms with van der Waals surface area (Å²) in [5.74, 6) is 1.83. The second-order valence-electron chi connectivity index (χ2n) is 4.40. The van der Waals surface area contributed by atoms with E-state index >= 15 is 0 Å². The molecule has 5 nitrogen and oxygen atoms in total. The van der Waals surface area contributed by atoms with E-state index in [0.29, 0.717) is 0 Å². The van der Waals surface area contributed by atoms with Crippen LogP contribution in [0.25, 0.3) is 0 Å². The summed E-state index contributed by atoms with van der Waals surface area (Å²) in [4.78, 5) is 8.52. The molecule has 1 aromatic rings. The van der Waals surface area contributed by atoms with Crippen LogP contribution in [0.15, 0.2) is 6.33 Å². The molecule has 1 heterocycles. The van der Waals surface area contributed by atoms with Crippen molar-refractivity contribution in [3.63, 3.8) is 0 Å². The first-order chi connectivity index (χ1) is 9.33. The number of nitrogens with zero attached hydrogens (tertiary/aromatic N) is 2. The van der Waals surface area contributed by atoms with Crippen molar-refractivity contribution in [2.45, 2.75) is 39.5 Å². The van der Waals surface area contributed by atoms with E-state index in [1.807, 2.05) is 7.05 Å². The van der Waals surface area contributed by atoms with E-state index in [1.165, 1.54) is 6.42 Å².